The van der Waals surface area contributed by atoms with Crippen LogP contribution in [-0.4, -0.2) is 24.4 Å². The molecule has 3 heteroatoms. The first-order valence-corrected chi connectivity index (χ1v) is 2.79. The lowest BCUT2D eigenvalue weighted by atomic mass is 10.2. The van der Waals surface area contributed by atoms with Crippen LogP contribution in [0.5, 0.6) is 0 Å². The molecule has 0 saturated carbocycles. The molecule has 0 spiro atoms. The summed E-state index contributed by atoms with van der Waals surface area (Å²) >= 11 is 0. The normalized spacial score (nSPS) is 30.5. The number of amides is 1. The van der Waals surface area contributed by atoms with Crippen molar-refractivity contribution in [2.24, 2.45) is 5.73 Å². The fourth-order valence-electron chi connectivity index (χ4n) is 0.625. The SMILES string of the molecule is [2H]C1=C([2H])N(C)C([2H])C(C(N)=O)=C1. The predicted octanol–water partition coefficient (Wildman–Crippen LogP) is -0.143. The lowest BCUT2D eigenvalue weighted by Gasteiger charge is -2.17. The van der Waals surface area contributed by atoms with Crippen molar-refractivity contribution < 1.29 is 8.91 Å². The van der Waals surface area contributed by atoms with Crippen LogP contribution in [0.1, 0.15) is 4.11 Å². The van der Waals surface area contributed by atoms with E-state index in [-0.39, 0.29) is 17.8 Å². The van der Waals surface area contributed by atoms with Crippen molar-refractivity contribution in [1.82, 2.24) is 4.90 Å². The molecule has 0 radical (unpaired) electrons. The van der Waals surface area contributed by atoms with E-state index in [0.29, 0.717) is 0 Å². The molecule has 10 heavy (non-hydrogen) atoms. The van der Waals surface area contributed by atoms with Gasteiger partial charge in [0.2, 0.25) is 5.91 Å². The topological polar surface area (TPSA) is 46.3 Å². The second kappa shape index (κ2) is 2.56. The van der Waals surface area contributed by atoms with E-state index in [0.717, 1.165) is 0 Å². The predicted molar refractivity (Wildman–Crippen MR) is 39.0 cm³/mol. The molecule has 0 aromatic rings. The molecule has 54 valence electrons. The van der Waals surface area contributed by atoms with E-state index < -0.39 is 12.4 Å². The van der Waals surface area contributed by atoms with E-state index in [1.54, 1.807) is 0 Å². The van der Waals surface area contributed by atoms with Gasteiger partial charge in [-0.05, 0) is 12.2 Å². The highest BCUT2D eigenvalue weighted by Gasteiger charge is 2.07. The molecule has 1 amide bonds. The van der Waals surface area contributed by atoms with Gasteiger partial charge < -0.3 is 10.6 Å². The number of likely N-dealkylation sites (N-methyl/N-ethyl adjacent to an activating group) is 1. The van der Waals surface area contributed by atoms with Gasteiger partial charge in [0.1, 0.15) is 0 Å². The largest absolute Gasteiger partial charge is 0.376 e. The zero-order valence-corrected chi connectivity index (χ0v) is 5.59. The second-order valence-electron chi connectivity index (χ2n) is 1.96. The maximum absolute atomic E-state index is 10.8. The first-order valence-electron chi connectivity index (χ1n) is 4.37. The molecular weight excluding hydrogens is 128 g/mol. The maximum Gasteiger partial charge on any atom is 0.246 e. The average Bonchev–Trinajstić information content (AvgIpc) is 2.07. The molecule has 0 aromatic carbocycles. The fourth-order valence-corrected chi connectivity index (χ4v) is 0.625. The van der Waals surface area contributed by atoms with Gasteiger partial charge in [-0.3, -0.25) is 4.79 Å². The standard InChI is InChI=1S/C7H10N2O/c1-9-4-2-3-6(5-9)7(8)10/h2-4H,5H2,1H3,(H2,8,10)/i2D,4D,5D. The van der Waals surface area contributed by atoms with Gasteiger partial charge in [-0.1, -0.05) is 6.08 Å². The van der Waals surface area contributed by atoms with Crippen LogP contribution in [0.15, 0.2) is 23.9 Å². The van der Waals surface area contributed by atoms with Crippen LogP contribution in [0.4, 0.5) is 0 Å². The molecule has 1 unspecified atom stereocenters. The van der Waals surface area contributed by atoms with Crippen molar-refractivity contribution in [3.8, 4) is 0 Å². The summed E-state index contributed by atoms with van der Waals surface area (Å²) in [5.41, 5.74) is 5.05. The third-order valence-corrected chi connectivity index (χ3v) is 1.09. The minimum Gasteiger partial charge on any atom is -0.376 e. The van der Waals surface area contributed by atoms with E-state index in [9.17, 15) is 4.79 Å². The van der Waals surface area contributed by atoms with Gasteiger partial charge in [-0.25, -0.2) is 0 Å². The van der Waals surface area contributed by atoms with Crippen LogP contribution in [0.25, 0.3) is 0 Å². The van der Waals surface area contributed by atoms with Crippen molar-refractivity contribution in [2.75, 3.05) is 13.6 Å². The molecule has 3 nitrogen and oxygen atoms in total. The lowest BCUT2D eigenvalue weighted by Crippen LogP contribution is -2.25. The number of nitrogens with zero attached hydrogens (tertiary/aromatic N) is 1. The molecule has 1 aliphatic rings. The Morgan fingerprint density at radius 2 is 2.80 bits per heavy atom. The molecule has 0 aliphatic carbocycles. The number of rotatable bonds is 1. The zero-order valence-electron chi connectivity index (χ0n) is 8.59. The maximum atomic E-state index is 10.8. The molecular formula is C7H10N2O. The summed E-state index contributed by atoms with van der Waals surface area (Å²) in [5, 5.41) is 0. The van der Waals surface area contributed by atoms with Gasteiger partial charge >= 0.3 is 0 Å². The highest BCUT2D eigenvalue weighted by Crippen LogP contribution is 2.03. The van der Waals surface area contributed by atoms with Gasteiger partial charge in [0.25, 0.3) is 0 Å². The monoisotopic (exact) mass is 141 g/mol. The van der Waals surface area contributed by atoms with E-state index in [4.69, 9.17) is 9.85 Å². The van der Waals surface area contributed by atoms with E-state index in [1.165, 1.54) is 18.0 Å². The number of hydrogen-bond acceptors (Lipinski definition) is 2. The second-order valence-corrected chi connectivity index (χ2v) is 1.96. The summed E-state index contributed by atoms with van der Waals surface area (Å²) in [4.78, 5) is 12.0. The molecule has 2 N–H and O–H groups in total. The number of allylic oxidation sites excluding steroid dienone is 2. The lowest BCUT2D eigenvalue weighted by molar-refractivity contribution is -0.114. The van der Waals surface area contributed by atoms with Crippen molar-refractivity contribution in [2.45, 2.75) is 0 Å². The van der Waals surface area contributed by atoms with E-state index in [2.05, 4.69) is 0 Å². The highest BCUT2D eigenvalue weighted by molar-refractivity contribution is 5.92. The Hall–Kier alpha value is -1.25. The summed E-state index contributed by atoms with van der Waals surface area (Å²) in [6, 6.07) is -0.0974. The molecule has 0 bridgehead atoms. The number of carbonyl (C=O) groups is 1. The van der Waals surface area contributed by atoms with Crippen LogP contribution in [-0.2, 0) is 4.79 Å². The number of carbonyl (C=O) groups excluding carboxylic acids is 1. The van der Waals surface area contributed by atoms with Crippen LogP contribution in [0, 0.1) is 0 Å². The third kappa shape index (κ3) is 1.37. The summed E-state index contributed by atoms with van der Waals surface area (Å²) < 4.78 is 22.2. The fraction of sp³-hybridized carbons (Fsp3) is 0.286. The molecule has 1 rings (SSSR count). The van der Waals surface area contributed by atoms with Gasteiger partial charge in [0.15, 0.2) is 0 Å². The Morgan fingerprint density at radius 1 is 2.10 bits per heavy atom. The van der Waals surface area contributed by atoms with Crippen molar-refractivity contribution in [1.29, 1.82) is 0 Å². The Balaban J connectivity index is 3.12. The third-order valence-electron chi connectivity index (χ3n) is 1.09. The number of hydrogen-bond donors (Lipinski definition) is 1. The summed E-state index contributed by atoms with van der Waals surface area (Å²) in [5.74, 6) is -0.718. The van der Waals surface area contributed by atoms with Crippen molar-refractivity contribution >= 4 is 5.91 Å². The van der Waals surface area contributed by atoms with Crippen molar-refractivity contribution in [3.63, 3.8) is 0 Å². The first kappa shape index (κ1) is 3.81. The first-order chi connectivity index (χ1) is 5.95. The Bertz CT molecular complexity index is 311. The highest BCUT2D eigenvalue weighted by atomic mass is 16.1. The molecule has 0 fully saturated rings. The Kier molecular flexibility index (Phi) is 0.974. The van der Waals surface area contributed by atoms with Crippen LogP contribution < -0.4 is 5.73 Å². The molecule has 1 atom stereocenters. The molecule has 0 saturated heterocycles. The average molecular weight is 141 g/mol. The summed E-state index contributed by atoms with van der Waals surface area (Å²) in [7, 11) is 1.48. The molecule has 1 aliphatic heterocycles. The number of nitrogens with two attached hydrogens (primary N) is 1. The smallest absolute Gasteiger partial charge is 0.246 e. The van der Waals surface area contributed by atoms with Gasteiger partial charge in [0.05, 0.1) is 4.11 Å². The molecule has 0 aromatic heterocycles. The summed E-state index contributed by atoms with van der Waals surface area (Å²) in [6.07, 6.45) is 1.09. The number of primary amides is 1. The van der Waals surface area contributed by atoms with Crippen LogP contribution in [0.2, 0.25) is 0 Å². The van der Waals surface area contributed by atoms with Crippen LogP contribution in [0.3, 0.4) is 0 Å². The quantitative estimate of drug-likeness (QED) is 0.552. The Morgan fingerprint density at radius 3 is 3.40 bits per heavy atom. The van der Waals surface area contributed by atoms with Crippen LogP contribution >= 0.6 is 0 Å². The minimum atomic E-state index is -0.973. The van der Waals surface area contributed by atoms with E-state index >= 15 is 0 Å². The van der Waals surface area contributed by atoms with Crippen molar-refractivity contribution in [3.05, 3.63) is 23.9 Å². The Labute approximate surface area is 64.0 Å². The van der Waals surface area contributed by atoms with Gasteiger partial charge in [0, 0.05) is 19.1 Å². The minimum absolute atomic E-state index is 0.0449. The van der Waals surface area contributed by atoms with Gasteiger partial charge in [-0.2, -0.15) is 0 Å². The van der Waals surface area contributed by atoms with Gasteiger partial charge in [-0.15, -0.1) is 0 Å². The zero-order chi connectivity index (χ0) is 10.2. The van der Waals surface area contributed by atoms with E-state index in [1.807, 2.05) is 0 Å². The molecule has 1 heterocycles. The summed E-state index contributed by atoms with van der Waals surface area (Å²) in [6.45, 7) is -0.973.